The summed E-state index contributed by atoms with van der Waals surface area (Å²) in [5.41, 5.74) is 0.737. The van der Waals surface area contributed by atoms with E-state index in [9.17, 15) is 4.79 Å². The Morgan fingerprint density at radius 3 is 3.00 bits per heavy atom. The van der Waals surface area contributed by atoms with Crippen molar-refractivity contribution in [1.82, 2.24) is 14.7 Å². The molecule has 1 aromatic rings. The molecule has 2 rings (SSSR count). The Kier molecular flexibility index (Phi) is 5.47. The van der Waals surface area contributed by atoms with Crippen molar-refractivity contribution in [2.45, 2.75) is 31.1 Å². The molecule has 1 atom stereocenters. The summed E-state index contributed by atoms with van der Waals surface area (Å²) in [6, 6.07) is 0. The van der Waals surface area contributed by atoms with Crippen molar-refractivity contribution in [3.63, 3.8) is 0 Å². The van der Waals surface area contributed by atoms with Gasteiger partial charge in [0.1, 0.15) is 5.69 Å². The molecule has 2 heterocycles. The fourth-order valence-electron chi connectivity index (χ4n) is 2.17. The summed E-state index contributed by atoms with van der Waals surface area (Å²) in [5.74, 6) is 1.33. The number of nitrogens with zero attached hydrogens (tertiary/aromatic N) is 3. The van der Waals surface area contributed by atoms with E-state index in [1.54, 1.807) is 18.0 Å². The van der Waals surface area contributed by atoms with E-state index in [-0.39, 0.29) is 11.0 Å². The highest BCUT2D eigenvalue weighted by molar-refractivity contribution is 9.10. The number of carbonyl (C=O) groups excluding carboxylic acids is 1. The van der Waals surface area contributed by atoms with Crippen LogP contribution in [0.3, 0.4) is 0 Å². The van der Waals surface area contributed by atoms with Gasteiger partial charge in [0.05, 0.1) is 22.5 Å². The van der Waals surface area contributed by atoms with Gasteiger partial charge in [-0.2, -0.15) is 16.9 Å². The maximum absolute atomic E-state index is 12.6. The first kappa shape index (κ1) is 15.1. The molecule has 0 amide bonds. The highest BCUT2D eigenvalue weighted by Gasteiger charge is 2.27. The molecule has 0 saturated carbocycles. The second kappa shape index (κ2) is 6.90. The average molecular weight is 346 g/mol. The molecule has 0 bridgehead atoms. The molecular weight excluding hydrogens is 326 g/mol. The zero-order valence-electron chi connectivity index (χ0n) is 11.4. The van der Waals surface area contributed by atoms with E-state index in [4.69, 9.17) is 0 Å². The van der Waals surface area contributed by atoms with Gasteiger partial charge in [0.25, 0.3) is 0 Å². The lowest BCUT2D eigenvalue weighted by Crippen LogP contribution is -2.26. The van der Waals surface area contributed by atoms with Crippen LogP contribution in [0.5, 0.6) is 0 Å². The van der Waals surface area contributed by atoms with Crippen molar-refractivity contribution in [3.05, 3.63) is 16.4 Å². The monoisotopic (exact) mass is 345 g/mol. The van der Waals surface area contributed by atoms with Gasteiger partial charge in [-0.25, -0.2) is 0 Å². The lowest BCUT2D eigenvalue weighted by Gasteiger charge is -2.20. The Morgan fingerprint density at radius 1 is 1.58 bits per heavy atom. The van der Waals surface area contributed by atoms with Crippen molar-refractivity contribution in [2.24, 2.45) is 0 Å². The van der Waals surface area contributed by atoms with Crippen LogP contribution < -0.4 is 0 Å². The van der Waals surface area contributed by atoms with Crippen LogP contribution in [0, 0.1) is 0 Å². The van der Waals surface area contributed by atoms with E-state index in [1.807, 2.05) is 18.8 Å². The molecule has 0 spiro atoms. The average Bonchev–Trinajstić information content (AvgIpc) is 2.78. The van der Waals surface area contributed by atoms with Crippen LogP contribution in [-0.2, 0) is 6.54 Å². The summed E-state index contributed by atoms with van der Waals surface area (Å²) < 4.78 is 2.66. The van der Waals surface area contributed by atoms with E-state index in [2.05, 4.69) is 25.9 Å². The Hall–Kier alpha value is -0.330. The highest BCUT2D eigenvalue weighted by atomic mass is 79.9. The molecule has 1 aliphatic rings. The van der Waals surface area contributed by atoms with Crippen LogP contribution in [0.2, 0.25) is 0 Å². The summed E-state index contributed by atoms with van der Waals surface area (Å²) in [6.45, 7) is 1.63. The Balaban J connectivity index is 2.13. The van der Waals surface area contributed by atoms with E-state index in [0.29, 0.717) is 0 Å². The van der Waals surface area contributed by atoms with E-state index in [0.717, 1.165) is 41.9 Å². The molecule has 1 aromatic heterocycles. The Morgan fingerprint density at radius 2 is 2.37 bits per heavy atom. The van der Waals surface area contributed by atoms with Gasteiger partial charge in [0, 0.05) is 6.54 Å². The Bertz CT molecular complexity index is 441. The number of hydrogen-bond acceptors (Lipinski definition) is 4. The molecule has 0 N–H and O–H groups in total. The number of rotatable bonds is 5. The summed E-state index contributed by atoms with van der Waals surface area (Å²) >= 11 is 5.25. The summed E-state index contributed by atoms with van der Waals surface area (Å²) in [4.78, 5) is 14.7. The van der Waals surface area contributed by atoms with Gasteiger partial charge in [-0.3, -0.25) is 9.48 Å². The number of carbonyl (C=O) groups is 1. The maximum Gasteiger partial charge on any atom is 0.194 e. The van der Waals surface area contributed by atoms with Gasteiger partial charge in [-0.15, -0.1) is 0 Å². The largest absolute Gasteiger partial charge is 0.308 e. The SMILES string of the molecule is CN(C)CCn1ncc(Br)c1C(=O)C1CCCCS1. The van der Waals surface area contributed by atoms with Gasteiger partial charge >= 0.3 is 0 Å². The minimum Gasteiger partial charge on any atom is -0.308 e. The fraction of sp³-hybridized carbons (Fsp3) is 0.692. The highest BCUT2D eigenvalue weighted by Crippen LogP contribution is 2.30. The second-order valence-electron chi connectivity index (χ2n) is 5.09. The van der Waals surface area contributed by atoms with Gasteiger partial charge in [0.15, 0.2) is 5.78 Å². The fourth-order valence-corrected chi connectivity index (χ4v) is 3.91. The third-order valence-electron chi connectivity index (χ3n) is 3.26. The van der Waals surface area contributed by atoms with Crippen LogP contribution in [0.1, 0.15) is 29.8 Å². The number of Topliss-reactive ketones (excluding diaryl/α,β-unsaturated/α-hetero) is 1. The Labute approximate surface area is 127 Å². The molecule has 1 unspecified atom stereocenters. The van der Waals surface area contributed by atoms with Crippen LogP contribution in [0.4, 0.5) is 0 Å². The zero-order valence-corrected chi connectivity index (χ0v) is 13.8. The summed E-state index contributed by atoms with van der Waals surface area (Å²) in [5, 5.41) is 4.43. The smallest absolute Gasteiger partial charge is 0.194 e. The summed E-state index contributed by atoms with van der Waals surface area (Å²) in [6.07, 6.45) is 5.12. The third kappa shape index (κ3) is 3.83. The van der Waals surface area contributed by atoms with Gasteiger partial charge in [-0.1, -0.05) is 6.42 Å². The molecule has 1 fully saturated rings. The lowest BCUT2D eigenvalue weighted by molar-refractivity contribution is 0.0973. The molecule has 0 radical (unpaired) electrons. The molecule has 6 heteroatoms. The first-order chi connectivity index (χ1) is 9.09. The standard InChI is InChI=1S/C13H20BrN3OS/c1-16(2)6-7-17-12(10(14)9-15-17)13(18)11-5-3-4-8-19-11/h9,11H,3-8H2,1-2H3. The van der Waals surface area contributed by atoms with Crippen LogP contribution in [-0.4, -0.2) is 52.1 Å². The number of thioether (sulfide) groups is 1. The van der Waals surface area contributed by atoms with Crippen molar-refractivity contribution < 1.29 is 4.79 Å². The molecule has 1 aliphatic heterocycles. The minimum atomic E-state index is 0.111. The van der Waals surface area contributed by atoms with E-state index >= 15 is 0 Å². The molecule has 0 aromatic carbocycles. The normalized spacial score (nSPS) is 19.9. The molecule has 4 nitrogen and oxygen atoms in total. The number of halogens is 1. The molecule has 106 valence electrons. The number of aromatic nitrogens is 2. The lowest BCUT2D eigenvalue weighted by atomic mass is 10.1. The van der Waals surface area contributed by atoms with Crippen LogP contribution in [0.25, 0.3) is 0 Å². The van der Waals surface area contributed by atoms with Crippen LogP contribution in [0.15, 0.2) is 10.7 Å². The number of ketones is 1. The molecule has 0 aliphatic carbocycles. The first-order valence-corrected chi connectivity index (χ1v) is 8.45. The number of likely N-dealkylation sites (N-methyl/N-ethyl adjacent to an activating group) is 1. The first-order valence-electron chi connectivity index (χ1n) is 6.61. The predicted molar refractivity (Wildman–Crippen MR) is 82.9 cm³/mol. The zero-order chi connectivity index (χ0) is 13.8. The second-order valence-corrected chi connectivity index (χ2v) is 7.25. The van der Waals surface area contributed by atoms with Crippen molar-refractivity contribution in [2.75, 3.05) is 26.4 Å². The molecule has 1 saturated heterocycles. The summed E-state index contributed by atoms with van der Waals surface area (Å²) in [7, 11) is 4.05. The molecule has 19 heavy (non-hydrogen) atoms. The van der Waals surface area contributed by atoms with Crippen LogP contribution >= 0.6 is 27.7 Å². The third-order valence-corrected chi connectivity index (χ3v) is 5.22. The topological polar surface area (TPSA) is 38.1 Å². The van der Waals surface area contributed by atoms with E-state index < -0.39 is 0 Å². The predicted octanol–water partition coefficient (Wildman–Crippen LogP) is 2.68. The van der Waals surface area contributed by atoms with Crippen molar-refractivity contribution in [1.29, 1.82) is 0 Å². The number of hydrogen-bond donors (Lipinski definition) is 0. The quantitative estimate of drug-likeness (QED) is 0.769. The van der Waals surface area contributed by atoms with Gasteiger partial charge in [0.2, 0.25) is 0 Å². The van der Waals surface area contributed by atoms with Crippen molar-refractivity contribution >= 4 is 33.5 Å². The minimum absolute atomic E-state index is 0.111. The maximum atomic E-state index is 12.6. The van der Waals surface area contributed by atoms with Crippen molar-refractivity contribution in [3.8, 4) is 0 Å². The van der Waals surface area contributed by atoms with E-state index in [1.165, 1.54) is 6.42 Å². The molecular formula is C13H20BrN3OS. The van der Waals surface area contributed by atoms with Gasteiger partial charge in [-0.05, 0) is 48.6 Å². The van der Waals surface area contributed by atoms with Gasteiger partial charge < -0.3 is 4.90 Å².